The monoisotopic (exact) mass is 314 g/mol. The van der Waals surface area contributed by atoms with E-state index in [1.807, 2.05) is 0 Å². The van der Waals surface area contributed by atoms with E-state index in [0.717, 1.165) is 38.0 Å². The van der Waals surface area contributed by atoms with Crippen LogP contribution in [0.3, 0.4) is 0 Å². The fraction of sp³-hybridized carbons (Fsp3) is 0.632. The average molecular weight is 314 g/mol. The van der Waals surface area contributed by atoms with Gasteiger partial charge in [0.2, 0.25) is 0 Å². The van der Waals surface area contributed by atoms with Crippen LogP contribution in [0.5, 0.6) is 0 Å². The highest BCUT2D eigenvalue weighted by atomic mass is 16.2. The molecule has 1 aromatic carbocycles. The molecule has 4 nitrogen and oxygen atoms in total. The van der Waals surface area contributed by atoms with Crippen molar-refractivity contribution < 1.29 is 9.69 Å². The molecule has 0 radical (unpaired) electrons. The summed E-state index contributed by atoms with van der Waals surface area (Å²) in [5.74, 6) is 1.94. The van der Waals surface area contributed by atoms with Crippen molar-refractivity contribution in [3.63, 3.8) is 0 Å². The van der Waals surface area contributed by atoms with Crippen LogP contribution in [0.4, 0.5) is 5.69 Å². The Bertz CT molecular complexity index is 539. The third-order valence-electron chi connectivity index (χ3n) is 6.09. The topological polar surface area (TPSA) is 36.8 Å². The lowest BCUT2D eigenvalue weighted by molar-refractivity contribution is -0.892. The number of fused-ring (bicyclic) bond motifs is 2. The highest BCUT2D eigenvalue weighted by Gasteiger charge is 2.40. The van der Waals surface area contributed by atoms with Gasteiger partial charge >= 0.3 is 0 Å². The fourth-order valence-corrected chi connectivity index (χ4v) is 4.80. The lowest BCUT2D eigenvalue weighted by Crippen LogP contribution is -3.16. The number of nitrogens with zero attached hydrogens (tertiary/aromatic N) is 1. The zero-order valence-electron chi connectivity index (χ0n) is 13.8. The molecule has 1 saturated heterocycles. The Morgan fingerprint density at radius 1 is 1.13 bits per heavy atom. The van der Waals surface area contributed by atoms with Gasteiger partial charge in [-0.25, -0.2) is 0 Å². The van der Waals surface area contributed by atoms with Crippen LogP contribution in [-0.4, -0.2) is 44.7 Å². The summed E-state index contributed by atoms with van der Waals surface area (Å²) in [5.41, 5.74) is 1.30. The quantitative estimate of drug-likeness (QED) is 0.858. The van der Waals surface area contributed by atoms with Crippen LogP contribution < -0.4 is 15.1 Å². The maximum absolute atomic E-state index is 12.3. The lowest BCUT2D eigenvalue weighted by Gasteiger charge is -2.33. The Morgan fingerprint density at radius 3 is 2.57 bits per heavy atom. The number of quaternary nitrogens is 1. The molecule has 1 amide bonds. The third-order valence-corrected chi connectivity index (χ3v) is 6.09. The van der Waals surface area contributed by atoms with Crippen LogP contribution in [0.1, 0.15) is 25.7 Å². The number of para-hydroxylation sites is 1. The Hall–Kier alpha value is -1.55. The summed E-state index contributed by atoms with van der Waals surface area (Å²) in [7, 11) is 0. The number of benzene rings is 1. The highest BCUT2D eigenvalue weighted by Crippen LogP contribution is 2.44. The minimum Gasteiger partial charge on any atom is -0.360 e. The Kier molecular flexibility index (Phi) is 4.25. The van der Waals surface area contributed by atoms with E-state index in [-0.39, 0.29) is 5.91 Å². The molecule has 1 heterocycles. The maximum Gasteiger partial charge on any atom is 0.275 e. The molecule has 4 rings (SSSR count). The van der Waals surface area contributed by atoms with Crippen LogP contribution in [0, 0.1) is 11.8 Å². The van der Waals surface area contributed by atoms with E-state index in [1.54, 1.807) is 0 Å². The molecule has 2 N–H and O–H groups in total. The summed E-state index contributed by atoms with van der Waals surface area (Å²) >= 11 is 0. The van der Waals surface area contributed by atoms with E-state index >= 15 is 0 Å². The number of hydrogen-bond acceptors (Lipinski definition) is 2. The summed E-state index contributed by atoms with van der Waals surface area (Å²) in [6, 6.07) is 11.1. The molecule has 3 fully saturated rings. The predicted octanol–water partition coefficient (Wildman–Crippen LogP) is 0.696. The smallest absolute Gasteiger partial charge is 0.275 e. The van der Waals surface area contributed by atoms with Crippen molar-refractivity contribution in [3.8, 4) is 0 Å². The highest BCUT2D eigenvalue weighted by molar-refractivity contribution is 5.77. The third kappa shape index (κ3) is 3.37. The molecule has 124 valence electrons. The van der Waals surface area contributed by atoms with Gasteiger partial charge in [-0.05, 0) is 43.2 Å². The number of carbonyl (C=O) groups is 1. The first-order valence-electron chi connectivity index (χ1n) is 9.21. The molecule has 0 spiro atoms. The van der Waals surface area contributed by atoms with Crippen LogP contribution in [0.15, 0.2) is 30.3 Å². The SMILES string of the molecule is O=C(C[NH+]1CCN(c2ccccc2)CC1)N[C@@H]1C[C@@H]2CC[C@@H]1C2. The van der Waals surface area contributed by atoms with Gasteiger partial charge in [0.15, 0.2) is 6.54 Å². The second-order valence-corrected chi connectivity index (χ2v) is 7.60. The standard InChI is InChI=1S/C19H27N3O/c23-19(20-18-13-15-6-7-16(18)12-15)14-21-8-10-22(11-9-21)17-4-2-1-3-5-17/h1-5,15-16,18H,6-14H2,(H,20,23)/p+1/t15-,16-,18-/m1/s1. The van der Waals surface area contributed by atoms with Crippen molar-refractivity contribution in [1.82, 2.24) is 5.32 Å². The van der Waals surface area contributed by atoms with E-state index in [9.17, 15) is 4.79 Å². The van der Waals surface area contributed by atoms with Crippen molar-refractivity contribution in [2.24, 2.45) is 11.8 Å². The Labute approximate surface area is 138 Å². The van der Waals surface area contributed by atoms with E-state index in [2.05, 4.69) is 40.5 Å². The van der Waals surface area contributed by atoms with E-state index < -0.39 is 0 Å². The number of amides is 1. The van der Waals surface area contributed by atoms with Gasteiger partial charge < -0.3 is 15.1 Å². The van der Waals surface area contributed by atoms with Gasteiger partial charge in [0, 0.05) is 11.7 Å². The lowest BCUT2D eigenvalue weighted by atomic mass is 9.95. The first-order chi connectivity index (χ1) is 11.3. The second-order valence-electron chi connectivity index (χ2n) is 7.60. The van der Waals surface area contributed by atoms with Crippen molar-refractivity contribution in [3.05, 3.63) is 30.3 Å². The first-order valence-corrected chi connectivity index (χ1v) is 9.21. The van der Waals surface area contributed by atoms with Gasteiger partial charge in [0.25, 0.3) is 5.91 Å². The van der Waals surface area contributed by atoms with Gasteiger partial charge in [0.1, 0.15) is 0 Å². The molecule has 0 unspecified atom stereocenters. The largest absolute Gasteiger partial charge is 0.360 e. The molecule has 3 atom stereocenters. The van der Waals surface area contributed by atoms with Gasteiger partial charge in [-0.2, -0.15) is 0 Å². The summed E-state index contributed by atoms with van der Waals surface area (Å²) < 4.78 is 0. The normalized spacial score (nSPS) is 30.6. The molecular weight excluding hydrogens is 286 g/mol. The van der Waals surface area contributed by atoms with Gasteiger partial charge in [0.05, 0.1) is 26.2 Å². The molecule has 1 aliphatic heterocycles. The molecule has 0 aromatic heterocycles. The summed E-state index contributed by atoms with van der Waals surface area (Å²) in [6.07, 6.45) is 5.31. The predicted molar refractivity (Wildman–Crippen MR) is 91.6 cm³/mol. The zero-order valence-corrected chi connectivity index (χ0v) is 13.8. The maximum atomic E-state index is 12.3. The van der Waals surface area contributed by atoms with Crippen LogP contribution >= 0.6 is 0 Å². The van der Waals surface area contributed by atoms with Crippen molar-refractivity contribution in [2.45, 2.75) is 31.7 Å². The van der Waals surface area contributed by atoms with Gasteiger partial charge in [-0.1, -0.05) is 24.6 Å². The molecule has 2 bridgehead atoms. The number of piperazine rings is 1. The molecule has 1 aromatic rings. The molecule has 2 saturated carbocycles. The number of rotatable bonds is 4. The minimum absolute atomic E-state index is 0.269. The second kappa shape index (κ2) is 6.52. The molecule has 4 heteroatoms. The Morgan fingerprint density at radius 2 is 1.91 bits per heavy atom. The van der Waals surface area contributed by atoms with Gasteiger partial charge in [-0.3, -0.25) is 4.79 Å². The number of hydrogen-bond donors (Lipinski definition) is 2. The number of nitrogens with one attached hydrogen (secondary N) is 2. The van der Waals surface area contributed by atoms with Crippen molar-refractivity contribution >= 4 is 11.6 Å². The van der Waals surface area contributed by atoms with E-state index in [0.29, 0.717) is 12.6 Å². The van der Waals surface area contributed by atoms with E-state index in [4.69, 9.17) is 0 Å². The van der Waals surface area contributed by atoms with E-state index in [1.165, 1.54) is 36.3 Å². The average Bonchev–Trinajstić information content (AvgIpc) is 3.19. The van der Waals surface area contributed by atoms with Crippen molar-refractivity contribution in [2.75, 3.05) is 37.6 Å². The van der Waals surface area contributed by atoms with Crippen LogP contribution in [0.2, 0.25) is 0 Å². The first kappa shape index (κ1) is 15.0. The minimum atomic E-state index is 0.269. The summed E-state index contributed by atoms with van der Waals surface area (Å²) in [5, 5.41) is 3.33. The van der Waals surface area contributed by atoms with Crippen molar-refractivity contribution in [1.29, 1.82) is 0 Å². The molecule has 23 heavy (non-hydrogen) atoms. The Balaban J connectivity index is 1.22. The molecule has 2 aliphatic carbocycles. The summed E-state index contributed by atoms with van der Waals surface area (Å²) in [6.45, 7) is 4.84. The molecule has 3 aliphatic rings. The summed E-state index contributed by atoms with van der Waals surface area (Å²) in [4.78, 5) is 16.2. The van der Waals surface area contributed by atoms with Crippen LogP contribution in [-0.2, 0) is 4.79 Å². The molecular formula is C19H28N3O+. The number of anilines is 1. The number of carbonyl (C=O) groups excluding carboxylic acids is 1. The zero-order chi connectivity index (χ0) is 15.6. The fourth-order valence-electron chi connectivity index (χ4n) is 4.80. The van der Waals surface area contributed by atoms with Crippen LogP contribution in [0.25, 0.3) is 0 Å². The van der Waals surface area contributed by atoms with Gasteiger partial charge in [-0.15, -0.1) is 0 Å².